The van der Waals surface area contributed by atoms with Gasteiger partial charge >= 0.3 is 0 Å². The molecule has 3 nitrogen and oxygen atoms in total. The number of hydrogen-bond acceptors (Lipinski definition) is 2. The van der Waals surface area contributed by atoms with Gasteiger partial charge < -0.3 is 10.6 Å². The van der Waals surface area contributed by atoms with Gasteiger partial charge in [-0.15, -0.1) is 0 Å². The summed E-state index contributed by atoms with van der Waals surface area (Å²) in [6, 6.07) is 2.42. The van der Waals surface area contributed by atoms with Gasteiger partial charge in [0.2, 0.25) is 5.91 Å². The van der Waals surface area contributed by atoms with Gasteiger partial charge in [0.05, 0.1) is 6.04 Å². The van der Waals surface area contributed by atoms with Gasteiger partial charge in [-0.25, -0.2) is 8.78 Å². The molecule has 1 aliphatic heterocycles. The number of nitrogens with zero attached hydrogens (tertiary/aromatic N) is 1. The van der Waals surface area contributed by atoms with E-state index in [1.54, 1.807) is 4.90 Å². The van der Waals surface area contributed by atoms with Crippen molar-refractivity contribution in [2.75, 3.05) is 6.54 Å². The lowest BCUT2D eigenvalue weighted by molar-refractivity contribution is -0.128. The lowest BCUT2D eigenvalue weighted by Crippen LogP contribution is -2.33. The van der Waals surface area contributed by atoms with Crippen LogP contribution in [0.25, 0.3) is 0 Å². The van der Waals surface area contributed by atoms with Crippen LogP contribution in [0.1, 0.15) is 24.9 Å². The number of benzene rings is 1. The highest BCUT2D eigenvalue weighted by molar-refractivity contribution is 5.80. The molecule has 92 valence electrons. The van der Waals surface area contributed by atoms with E-state index < -0.39 is 23.7 Å². The maximum Gasteiger partial charge on any atom is 0.224 e. The largest absolute Gasteiger partial charge is 0.334 e. The summed E-state index contributed by atoms with van der Waals surface area (Å²) in [6.45, 7) is 2.30. The third-order valence-corrected chi connectivity index (χ3v) is 3.04. The molecular weight excluding hydrogens is 226 g/mol. The predicted octanol–water partition coefficient (Wildman–Crippen LogP) is 1.59. The minimum atomic E-state index is -0.650. The molecule has 0 spiro atoms. The first-order valence-electron chi connectivity index (χ1n) is 5.54. The van der Waals surface area contributed by atoms with Gasteiger partial charge in [-0.05, 0) is 24.6 Å². The maximum atomic E-state index is 13.2. The van der Waals surface area contributed by atoms with Crippen LogP contribution >= 0.6 is 0 Å². The Hall–Kier alpha value is -1.49. The van der Waals surface area contributed by atoms with Crippen LogP contribution in [0.2, 0.25) is 0 Å². The van der Waals surface area contributed by atoms with Crippen LogP contribution in [-0.4, -0.2) is 23.4 Å². The third kappa shape index (κ3) is 2.15. The molecule has 0 unspecified atom stereocenters. The number of halogens is 2. The Morgan fingerprint density at radius 2 is 1.94 bits per heavy atom. The number of carbonyl (C=O) groups excluding carboxylic acids is 1. The summed E-state index contributed by atoms with van der Waals surface area (Å²) in [5.74, 6) is -1.38. The molecule has 0 aromatic heterocycles. The second-order valence-corrected chi connectivity index (χ2v) is 4.20. The molecule has 17 heavy (non-hydrogen) atoms. The fourth-order valence-corrected chi connectivity index (χ4v) is 2.36. The van der Waals surface area contributed by atoms with Gasteiger partial charge in [0, 0.05) is 25.1 Å². The van der Waals surface area contributed by atoms with E-state index >= 15 is 0 Å². The van der Waals surface area contributed by atoms with Crippen molar-refractivity contribution in [3.63, 3.8) is 0 Å². The predicted molar refractivity (Wildman–Crippen MR) is 59.1 cm³/mol. The van der Waals surface area contributed by atoms with Gasteiger partial charge in [0.15, 0.2) is 0 Å². The average molecular weight is 240 g/mol. The summed E-state index contributed by atoms with van der Waals surface area (Å²) in [5, 5.41) is 0. The van der Waals surface area contributed by atoms with Gasteiger partial charge in [0.25, 0.3) is 0 Å². The molecule has 0 radical (unpaired) electrons. The Labute approximate surface area is 98.2 Å². The van der Waals surface area contributed by atoms with Crippen LogP contribution in [0.3, 0.4) is 0 Å². The number of likely N-dealkylation sites (N-methyl/N-ethyl adjacent to an activating group) is 1. The van der Waals surface area contributed by atoms with Crippen LogP contribution in [0.5, 0.6) is 0 Å². The zero-order chi connectivity index (χ0) is 12.6. The summed E-state index contributed by atoms with van der Waals surface area (Å²) < 4.78 is 26.3. The summed E-state index contributed by atoms with van der Waals surface area (Å²) in [6.07, 6.45) is 0.219. The van der Waals surface area contributed by atoms with Crippen LogP contribution < -0.4 is 5.73 Å². The van der Waals surface area contributed by atoms with Crippen molar-refractivity contribution in [2.45, 2.75) is 25.4 Å². The summed E-state index contributed by atoms with van der Waals surface area (Å²) in [5.41, 5.74) is 6.28. The van der Waals surface area contributed by atoms with Crippen molar-refractivity contribution in [3.05, 3.63) is 35.4 Å². The number of nitrogens with two attached hydrogens (primary N) is 1. The average Bonchev–Trinajstić information content (AvgIpc) is 2.51. The molecule has 1 heterocycles. The van der Waals surface area contributed by atoms with Crippen molar-refractivity contribution in [1.82, 2.24) is 4.90 Å². The monoisotopic (exact) mass is 240 g/mol. The van der Waals surface area contributed by atoms with Crippen molar-refractivity contribution in [1.29, 1.82) is 0 Å². The second kappa shape index (κ2) is 4.41. The van der Waals surface area contributed by atoms with Crippen molar-refractivity contribution >= 4 is 5.91 Å². The van der Waals surface area contributed by atoms with Crippen LogP contribution in [0, 0.1) is 11.6 Å². The number of carbonyl (C=O) groups is 1. The van der Waals surface area contributed by atoms with E-state index in [9.17, 15) is 13.6 Å². The van der Waals surface area contributed by atoms with E-state index in [0.29, 0.717) is 12.1 Å². The first-order valence-corrected chi connectivity index (χ1v) is 5.54. The van der Waals surface area contributed by atoms with E-state index in [2.05, 4.69) is 0 Å². The molecule has 1 aromatic rings. The normalized spacial score (nSPS) is 24.5. The molecule has 2 atom stereocenters. The molecule has 5 heteroatoms. The first-order chi connectivity index (χ1) is 8.02. The van der Waals surface area contributed by atoms with E-state index in [1.165, 1.54) is 12.1 Å². The lowest BCUT2D eigenvalue weighted by Gasteiger charge is -2.26. The first kappa shape index (κ1) is 12.0. The Balaban J connectivity index is 2.40. The molecule has 1 aromatic carbocycles. The van der Waals surface area contributed by atoms with E-state index in [1.807, 2.05) is 6.92 Å². The molecule has 1 fully saturated rings. The van der Waals surface area contributed by atoms with E-state index in [-0.39, 0.29) is 12.3 Å². The quantitative estimate of drug-likeness (QED) is 0.853. The standard InChI is InChI=1S/C12H14F2N2O/c1-2-16-11(17)6-10(15)12(16)7-3-8(13)5-9(14)4-7/h3-5,10,12H,2,6,15H2,1H3/t10-,12+/m0/s1. The Morgan fingerprint density at radius 3 is 2.47 bits per heavy atom. The number of likely N-dealkylation sites (tertiary alicyclic amines) is 1. The number of hydrogen-bond donors (Lipinski definition) is 1. The topological polar surface area (TPSA) is 46.3 Å². The molecular formula is C12H14F2N2O. The fraction of sp³-hybridized carbons (Fsp3) is 0.417. The van der Waals surface area contributed by atoms with Crippen LogP contribution in [0.15, 0.2) is 18.2 Å². The lowest BCUT2D eigenvalue weighted by atomic mass is 10.0. The minimum Gasteiger partial charge on any atom is -0.334 e. The Morgan fingerprint density at radius 1 is 1.35 bits per heavy atom. The fourth-order valence-electron chi connectivity index (χ4n) is 2.36. The Kier molecular flexibility index (Phi) is 3.11. The van der Waals surface area contributed by atoms with Crippen LogP contribution in [-0.2, 0) is 4.79 Å². The van der Waals surface area contributed by atoms with Gasteiger partial charge in [-0.3, -0.25) is 4.79 Å². The molecule has 1 aliphatic rings. The highest BCUT2D eigenvalue weighted by Crippen LogP contribution is 2.32. The molecule has 1 amide bonds. The highest BCUT2D eigenvalue weighted by atomic mass is 19.1. The summed E-state index contributed by atoms with van der Waals surface area (Å²) >= 11 is 0. The second-order valence-electron chi connectivity index (χ2n) is 4.20. The van der Waals surface area contributed by atoms with Crippen LogP contribution in [0.4, 0.5) is 8.78 Å². The number of rotatable bonds is 2. The van der Waals surface area contributed by atoms with Crippen molar-refractivity contribution < 1.29 is 13.6 Å². The summed E-state index contributed by atoms with van der Waals surface area (Å²) in [7, 11) is 0. The van der Waals surface area contributed by atoms with Crippen molar-refractivity contribution in [3.8, 4) is 0 Å². The van der Waals surface area contributed by atoms with E-state index in [0.717, 1.165) is 6.07 Å². The molecule has 0 bridgehead atoms. The smallest absolute Gasteiger partial charge is 0.224 e. The highest BCUT2D eigenvalue weighted by Gasteiger charge is 2.37. The molecule has 2 N–H and O–H groups in total. The third-order valence-electron chi connectivity index (χ3n) is 3.04. The van der Waals surface area contributed by atoms with Gasteiger partial charge in [0.1, 0.15) is 11.6 Å². The zero-order valence-electron chi connectivity index (χ0n) is 9.49. The zero-order valence-corrected chi connectivity index (χ0v) is 9.49. The van der Waals surface area contributed by atoms with Gasteiger partial charge in [-0.1, -0.05) is 0 Å². The molecule has 1 saturated heterocycles. The molecule has 2 rings (SSSR count). The van der Waals surface area contributed by atoms with Crippen molar-refractivity contribution in [2.24, 2.45) is 5.73 Å². The minimum absolute atomic E-state index is 0.0744. The Bertz CT molecular complexity index is 430. The van der Waals surface area contributed by atoms with E-state index in [4.69, 9.17) is 5.73 Å². The molecule has 0 aliphatic carbocycles. The molecule has 0 saturated carbocycles. The maximum absolute atomic E-state index is 13.2. The van der Waals surface area contributed by atoms with Gasteiger partial charge in [-0.2, -0.15) is 0 Å². The summed E-state index contributed by atoms with van der Waals surface area (Å²) in [4.78, 5) is 13.2. The number of amides is 1. The SMILES string of the molecule is CCN1C(=O)C[C@H](N)[C@H]1c1cc(F)cc(F)c1.